The van der Waals surface area contributed by atoms with E-state index >= 15 is 0 Å². The monoisotopic (exact) mass is 341 g/mol. The van der Waals surface area contributed by atoms with Crippen molar-refractivity contribution in [1.82, 2.24) is 24.4 Å². The number of hydrogen-bond donors (Lipinski definition) is 1. The van der Waals surface area contributed by atoms with Gasteiger partial charge in [0.25, 0.3) is 5.56 Å². The Labute approximate surface area is 143 Å². The lowest BCUT2D eigenvalue weighted by atomic mass is 10.1. The molecule has 0 saturated heterocycles. The molecule has 7 heteroatoms. The van der Waals surface area contributed by atoms with Gasteiger partial charge in [-0.25, -0.2) is 9.97 Å². The van der Waals surface area contributed by atoms with E-state index in [1.54, 1.807) is 23.9 Å². The number of aromatic nitrogens is 4. The number of hydrogen-bond acceptors (Lipinski definition) is 5. The highest BCUT2D eigenvalue weighted by Gasteiger charge is 2.37. The predicted molar refractivity (Wildman–Crippen MR) is 93.4 cm³/mol. The third-order valence-corrected chi connectivity index (χ3v) is 6.29. The van der Waals surface area contributed by atoms with E-state index in [1.807, 2.05) is 22.4 Å². The molecule has 0 spiro atoms. The molecule has 2 aliphatic rings. The second-order valence-electron chi connectivity index (χ2n) is 6.75. The van der Waals surface area contributed by atoms with Crippen molar-refractivity contribution in [2.24, 2.45) is 13.0 Å². The highest BCUT2D eigenvalue weighted by atomic mass is 32.1. The molecule has 0 aromatic carbocycles. The molecule has 0 amide bonds. The zero-order valence-electron chi connectivity index (χ0n) is 13.5. The van der Waals surface area contributed by atoms with Crippen LogP contribution in [0.15, 0.2) is 23.5 Å². The topological polar surface area (TPSA) is 64.7 Å². The number of nitrogens with zero attached hydrogens (tertiary/aromatic N) is 4. The largest absolute Gasteiger partial charge is 0.336 e. The van der Waals surface area contributed by atoms with Crippen LogP contribution in [0.4, 0.5) is 0 Å². The number of nitrogens with one attached hydrogen (secondary N) is 1. The molecule has 1 saturated carbocycles. The second kappa shape index (κ2) is 5.26. The molecule has 124 valence electrons. The van der Waals surface area contributed by atoms with Gasteiger partial charge in [-0.3, -0.25) is 9.36 Å². The Morgan fingerprint density at radius 1 is 1.38 bits per heavy atom. The summed E-state index contributed by atoms with van der Waals surface area (Å²) in [4.78, 5) is 24.6. The lowest BCUT2D eigenvalue weighted by Crippen LogP contribution is -2.30. The summed E-state index contributed by atoms with van der Waals surface area (Å²) in [5.41, 5.74) is 1.30. The van der Waals surface area contributed by atoms with Crippen LogP contribution in [0, 0.1) is 5.92 Å². The van der Waals surface area contributed by atoms with Crippen molar-refractivity contribution < 1.29 is 0 Å². The van der Waals surface area contributed by atoms with E-state index in [0.29, 0.717) is 5.92 Å². The van der Waals surface area contributed by atoms with Crippen LogP contribution in [0.2, 0.25) is 0 Å². The highest BCUT2D eigenvalue weighted by molar-refractivity contribution is 7.18. The van der Waals surface area contributed by atoms with Crippen LogP contribution < -0.4 is 10.9 Å². The van der Waals surface area contributed by atoms with E-state index in [2.05, 4.69) is 15.3 Å². The Morgan fingerprint density at radius 3 is 3.00 bits per heavy atom. The summed E-state index contributed by atoms with van der Waals surface area (Å²) in [5.74, 6) is 1.44. The standard InChI is InChI=1S/C17H19N5OS/c1-21-7-6-19-15(21)14(10-2-3-10)22-9-20-16-13(17(22)23)11-4-5-18-8-12(11)24-16/h6-7,9-10,14,18H,2-5,8H2,1H3. The molecule has 1 fully saturated rings. The Morgan fingerprint density at radius 2 is 2.25 bits per heavy atom. The van der Waals surface area contributed by atoms with Gasteiger partial charge in [-0.1, -0.05) is 0 Å². The van der Waals surface area contributed by atoms with E-state index in [4.69, 9.17) is 0 Å². The molecule has 1 N–H and O–H groups in total. The first-order chi connectivity index (χ1) is 11.7. The molecule has 1 aliphatic carbocycles. The Balaban J connectivity index is 1.73. The normalized spacial score (nSPS) is 18.7. The molecule has 3 aromatic heterocycles. The van der Waals surface area contributed by atoms with E-state index in [0.717, 1.165) is 48.4 Å². The van der Waals surface area contributed by atoms with Crippen LogP contribution in [0.1, 0.15) is 35.1 Å². The summed E-state index contributed by atoms with van der Waals surface area (Å²) >= 11 is 1.65. The van der Waals surface area contributed by atoms with Gasteiger partial charge in [-0.2, -0.15) is 0 Å². The second-order valence-corrected chi connectivity index (χ2v) is 7.83. The van der Waals surface area contributed by atoms with Crippen molar-refractivity contribution in [2.75, 3.05) is 6.54 Å². The molecule has 4 heterocycles. The summed E-state index contributed by atoms with van der Waals surface area (Å²) in [6.45, 7) is 1.78. The first kappa shape index (κ1) is 14.4. The maximum absolute atomic E-state index is 13.3. The molecular weight excluding hydrogens is 322 g/mol. The fraction of sp³-hybridized carbons (Fsp3) is 0.471. The van der Waals surface area contributed by atoms with Gasteiger partial charge < -0.3 is 9.88 Å². The molecular formula is C17H19N5OS. The first-order valence-corrected chi connectivity index (χ1v) is 9.25. The quantitative estimate of drug-likeness (QED) is 0.789. The van der Waals surface area contributed by atoms with Crippen molar-refractivity contribution in [1.29, 1.82) is 0 Å². The lowest BCUT2D eigenvalue weighted by Gasteiger charge is -2.19. The smallest absolute Gasteiger partial charge is 0.263 e. The van der Waals surface area contributed by atoms with E-state index in [-0.39, 0.29) is 11.6 Å². The molecule has 1 aliphatic heterocycles. The van der Waals surface area contributed by atoms with Crippen LogP contribution in [0.25, 0.3) is 10.2 Å². The first-order valence-electron chi connectivity index (χ1n) is 8.43. The minimum Gasteiger partial charge on any atom is -0.336 e. The minimum absolute atomic E-state index is 0.00772. The zero-order chi connectivity index (χ0) is 16.3. The van der Waals surface area contributed by atoms with Crippen molar-refractivity contribution in [3.05, 3.63) is 45.3 Å². The van der Waals surface area contributed by atoms with Gasteiger partial charge in [0.1, 0.15) is 10.7 Å². The van der Waals surface area contributed by atoms with E-state index in [9.17, 15) is 4.79 Å². The van der Waals surface area contributed by atoms with Gasteiger partial charge in [0, 0.05) is 30.9 Å². The maximum atomic E-state index is 13.3. The van der Waals surface area contributed by atoms with Crippen molar-refractivity contribution in [3.63, 3.8) is 0 Å². The Bertz CT molecular complexity index is 981. The van der Waals surface area contributed by atoms with Gasteiger partial charge in [0.05, 0.1) is 17.8 Å². The summed E-state index contributed by atoms with van der Waals surface area (Å²) in [6, 6.07) is -0.00772. The molecule has 0 bridgehead atoms. The predicted octanol–water partition coefficient (Wildman–Crippen LogP) is 1.84. The van der Waals surface area contributed by atoms with Crippen molar-refractivity contribution in [2.45, 2.75) is 31.8 Å². The van der Waals surface area contributed by atoms with Crippen LogP contribution in [0.3, 0.4) is 0 Å². The summed E-state index contributed by atoms with van der Waals surface area (Å²) in [7, 11) is 1.99. The van der Waals surface area contributed by atoms with Crippen molar-refractivity contribution in [3.8, 4) is 0 Å². The molecule has 3 aromatic rings. The van der Waals surface area contributed by atoms with Crippen LogP contribution in [0.5, 0.6) is 0 Å². The van der Waals surface area contributed by atoms with Gasteiger partial charge in [0.2, 0.25) is 0 Å². The molecule has 0 radical (unpaired) electrons. The Kier molecular flexibility index (Phi) is 3.14. The van der Waals surface area contributed by atoms with Crippen molar-refractivity contribution >= 4 is 21.6 Å². The number of imidazole rings is 1. The fourth-order valence-electron chi connectivity index (χ4n) is 3.76. The molecule has 1 atom stereocenters. The molecule has 24 heavy (non-hydrogen) atoms. The number of rotatable bonds is 3. The average molecular weight is 341 g/mol. The fourth-order valence-corrected chi connectivity index (χ4v) is 4.91. The third-order valence-electron chi connectivity index (χ3n) is 5.15. The van der Waals surface area contributed by atoms with Gasteiger partial charge in [-0.05, 0) is 37.3 Å². The number of thiophene rings is 1. The third kappa shape index (κ3) is 2.08. The minimum atomic E-state index is -0.00772. The average Bonchev–Trinajstić information content (AvgIpc) is 3.21. The van der Waals surface area contributed by atoms with Crippen LogP contribution >= 0.6 is 11.3 Å². The van der Waals surface area contributed by atoms with Gasteiger partial charge >= 0.3 is 0 Å². The summed E-state index contributed by atoms with van der Waals surface area (Å²) in [5, 5.41) is 4.21. The van der Waals surface area contributed by atoms with Gasteiger partial charge in [-0.15, -0.1) is 11.3 Å². The molecule has 1 unspecified atom stereocenters. The number of fused-ring (bicyclic) bond motifs is 3. The SMILES string of the molecule is Cn1ccnc1C(C1CC1)n1cnc2sc3c(c2c1=O)CCNC3. The molecule has 6 nitrogen and oxygen atoms in total. The molecule has 5 rings (SSSR count). The summed E-state index contributed by atoms with van der Waals surface area (Å²) in [6.07, 6.45) is 8.69. The number of aryl methyl sites for hydroxylation is 1. The van der Waals surface area contributed by atoms with Gasteiger partial charge in [0.15, 0.2) is 0 Å². The lowest BCUT2D eigenvalue weighted by molar-refractivity contribution is 0.463. The van der Waals surface area contributed by atoms with Crippen LogP contribution in [-0.2, 0) is 20.0 Å². The van der Waals surface area contributed by atoms with E-state index in [1.165, 1.54) is 10.4 Å². The highest BCUT2D eigenvalue weighted by Crippen LogP contribution is 2.42. The van der Waals surface area contributed by atoms with Crippen LogP contribution in [-0.4, -0.2) is 25.6 Å². The zero-order valence-corrected chi connectivity index (χ0v) is 14.3. The Hall–Kier alpha value is -1.99. The maximum Gasteiger partial charge on any atom is 0.263 e. The van der Waals surface area contributed by atoms with E-state index < -0.39 is 0 Å². The summed E-state index contributed by atoms with van der Waals surface area (Å²) < 4.78 is 3.85.